The standard InChI is InChI=1S/C14H15FN2O/c1-2-12-9-16-4-5-17(12)13-8-11(15)7-10-3-6-18-14(10)13/h2-3,6-8,16H,4-5,9H2,1H3. The Morgan fingerprint density at radius 2 is 2.33 bits per heavy atom. The van der Waals surface area contributed by atoms with Crippen LogP contribution in [0, 0.1) is 5.82 Å². The molecule has 2 heterocycles. The van der Waals surface area contributed by atoms with Crippen molar-refractivity contribution in [3.63, 3.8) is 0 Å². The van der Waals surface area contributed by atoms with Gasteiger partial charge in [-0.3, -0.25) is 0 Å². The van der Waals surface area contributed by atoms with E-state index in [1.165, 1.54) is 6.07 Å². The van der Waals surface area contributed by atoms with Crippen molar-refractivity contribution in [3.05, 3.63) is 42.1 Å². The van der Waals surface area contributed by atoms with Crippen molar-refractivity contribution in [2.75, 3.05) is 24.5 Å². The largest absolute Gasteiger partial charge is 0.462 e. The molecular formula is C14H15FN2O. The minimum Gasteiger partial charge on any atom is -0.462 e. The van der Waals surface area contributed by atoms with Crippen LogP contribution in [0.5, 0.6) is 0 Å². The molecule has 0 saturated carbocycles. The maximum atomic E-state index is 13.7. The maximum absolute atomic E-state index is 13.7. The van der Waals surface area contributed by atoms with Crippen LogP contribution in [0.25, 0.3) is 11.0 Å². The Balaban J connectivity index is 2.15. The molecule has 1 aromatic heterocycles. The molecule has 94 valence electrons. The predicted octanol–water partition coefficient (Wildman–Crippen LogP) is 2.89. The molecule has 0 atom stereocenters. The Hall–Kier alpha value is -1.81. The van der Waals surface area contributed by atoms with Gasteiger partial charge in [0.1, 0.15) is 5.82 Å². The molecule has 0 spiro atoms. The van der Waals surface area contributed by atoms with E-state index in [0.29, 0.717) is 0 Å². The van der Waals surface area contributed by atoms with Crippen molar-refractivity contribution in [1.82, 2.24) is 5.32 Å². The van der Waals surface area contributed by atoms with Crippen LogP contribution >= 0.6 is 0 Å². The molecule has 1 saturated heterocycles. The number of allylic oxidation sites excluding steroid dienone is 1. The van der Waals surface area contributed by atoms with Gasteiger partial charge in [-0.2, -0.15) is 0 Å². The topological polar surface area (TPSA) is 28.4 Å². The summed E-state index contributed by atoms with van der Waals surface area (Å²) in [6, 6.07) is 4.83. The number of nitrogens with zero attached hydrogens (tertiary/aromatic N) is 1. The summed E-state index contributed by atoms with van der Waals surface area (Å²) in [5, 5.41) is 4.11. The first-order chi connectivity index (χ1) is 8.79. The van der Waals surface area contributed by atoms with Crippen molar-refractivity contribution in [3.8, 4) is 0 Å². The first kappa shape index (κ1) is 11.3. The van der Waals surface area contributed by atoms with E-state index in [1.54, 1.807) is 18.4 Å². The number of halogens is 1. The van der Waals surface area contributed by atoms with Crippen LogP contribution in [-0.2, 0) is 0 Å². The smallest absolute Gasteiger partial charge is 0.157 e. The number of nitrogens with one attached hydrogen (secondary N) is 1. The number of benzene rings is 1. The predicted molar refractivity (Wildman–Crippen MR) is 70.1 cm³/mol. The monoisotopic (exact) mass is 246 g/mol. The highest BCUT2D eigenvalue weighted by atomic mass is 19.1. The molecule has 3 nitrogen and oxygen atoms in total. The van der Waals surface area contributed by atoms with Gasteiger partial charge in [-0.25, -0.2) is 4.39 Å². The minimum atomic E-state index is -0.229. The Labute approximate surface area is 105 Å². The van der Waals surface area contributed by atoms with Gasteiger partial charge in [0.2, 0.25) is 0 Å². The Kier molecular flexibility index (Phi) is 2.80. The normalized spacial score (nSPS) is 18.8. The minimum absolute atomic E-state index is 0.229. The van der Waals surface area contributed by atoms with E-state index >= 15 is 0 Å². The van der Waals surface area contributed by atoms with Crippen molar-refractivity contribution in [1.29, 1.82) is 0 Å². The van der Waals surface area contributed by atoms with Gasteiger partial charge in [-0.15, -0.1) is 0 Å². The number of anilines is 1. The summed E-state index contributed by atoms with van der Waals surface area (Å²) in [5.41, 5.74) is 2.70. The third kappa shape index (κ3) is 1.78. The van der Waals surface area contributed by atoms with E-state index in [0.717, 1.165) is 42.0 Å². The fourth-order valence-corrected chi connectivity index (χ4v) is 2.41. The van der Waals surface area contributed by atoms with Gasteiger partial charge in [-0.1, -0.05) is 6.08 Å². The lowest BCUT2D eigenvalue weighted by atomic mass is 10.1. The van der Waals surface area contributed by atoms with Crippen molar-refractivity contribution in [2.45, 2.75) is 6.92 Å². The van der Waals surface area contributed by atoms with Gasteiger partial charge in [0.05, 0.1) is 12.0 Å². The molecule has 1 aliphatic heterocycles. The van der Waals surface area contributed by atoms with Gasteiger partial charge in [-0.05, 0) is 19.1 Å². The molecule has 1 aliphatic rings. The Bertz CT molecular complexity index is 603. The molecule has 0 radical (unpaired) electrons. The van der Waals surface area contributed by atoms with E-state index in [-0.39, 0.29) is 5.82 Å². The van der Waals surface area contributed by atoms with E-state index in [9.17, 15) is 4.39 Å². The van der Waals surface area contributed by atoms with Crippen LogP contribution in [0.3, 0.4) is 0 Å². The Morgan fingerprint density at radius 1 is 1.44 bits per heavy atom. The van der Waals surface area contributed by atoms with Gasteiger partial charge < -0.3 is 14.6 Å². The first-order valence-corrected chi connectivity index (χ1v) is 6.10. The summed E-state index contributed by atoms with van der Waals surface area (Å²) in [6.07, 6.45) is 3.65. The first-order valence-electron chi connectivity index (χ1n) is 6.10. The molecular weight excluding hydrogens is 231 g/mol. The number of hydrogen-bond donors (Lipinski definition) is 1. The molecule has 1 N–H and O–H groups in total. The molecule has 0 bridgehead atoms. The van der Waals surface area contributed by atoms with Crippen LogP contribution in [-0.4, -0.2) is 19.6 Å². The SMILES string of the molecule is CC=C1CNCCN1c1cc(F)cc2ccoc12. The number of fused-ring (bicyclic) bond motifs is 1. The Morgan fingerprint density at radius 3 is 3.17 bits per heavy atom. The second kappa shape index (κ2) is 4.46. The highest BCUT2D eigenvalue weighted by Gasteiger charge is 2.20. The van der Waals surface area contributed by atoms with Crippen molar-refractivity contribution < 1.29 is 8.81 Å². The highest BCUT2D eigenvalue weighted by molar-refractivity contribution is 5.90. The number of furan rings is 1. The average Bonchev–Trinajstić information content (AvgIpc) is 2.85. The lowest BCUT2D eigenvalue weighted by molar-refractivity contribution is 0.599. The fraction of sp³-hybridized carbons (Fsp3) is 0.286. The maximum Gasteiger partial charge on any atom is 0.157 e. The summed E-state index contributed by atoms with van der Waals surface area (Å²) in [5.74, 6) is -0.229. The number of rotatable bonds is 1. The highest BCUT2D eigenvalue weighted by Crippen LogP contribution is 2.31. The van der Waals surface area contributed by atoms with Crippen molar-refractivity contribution in [2.24, 2.45) is 0 Å². The number of hydrogen-bond acceptors (Lipinski definition) is 3. The third-order valence-corrected chi connectivity index (χ3v) is 3.29. The summed E-state index contributed by atoms with van der Waals surface area (Å²) < 4.78 is 19.2. The lowest BCUT2D eigenvalue weighted by Crippen LogP contribution is -2.41. The zero-order valence-electron chi connectivity index (χ0n) is 10.2. The van der Waals surface area contributed by atoms with E-state index in [4.69, 9.17) is 4.42 Å². The number of piperazine rings is 1. The van der Waals surface area contributed by atoms with Crippen LogP contribution in [0.4, 0.5) is 10.1 Å². The zero-order chi connectivity index (χ0) is 12.5. The molecule has 1 fully saturated rings. The second-order valence-electron chi connectivity index (χ2n) is 4.37. The van der Waals surface area contributed by atoms with Crippen LogP contribution in [0.1, 0.15) is 6.92 Å². The van der Waals surface area contributed by atoms with E-state index < -0.39 is 0 Å². The summed E-state index contributed by atoms with van der Waals surface area (Å²) in [4.78, 5) is 2.12. The third-order valence-electron chi connectivity index (χ3n) is 3.29. The summed E-state index contributed by atoms with van der Waals surface area (Å²) in [6.45, 7) is 4.50. The average molecular weight is 246 g/mol. The van der Waals surface area contributed by atoms with Crippen LogP contribution < -0.4 is 10.2 Å². The molecule has 2 aromatic rings. The second-order valence-corrected chi connectivity index (χ2v) is 4.37. The summed E-state index contributed by atoms with van der Waals surface area (Å²) in [7, 11) is 0. The zero-order valence-corrected chi connectivity index (χ0v) is 10.2. The quantitative estimate of drug-likeness (QED) is 0.838. The van der Waals surface area contributed by atoms with Crippen LogP contribution in [0.15, 0.2) is 40.7 Å². The lowest BCUT2D eigenvalue weighted by Gasteiger charge is -2.32. The van der Waals surface area contributed by atoms with E-state index in [1.807, 2.05) is 13.0 Å². The van der Waals surface area contributed by atoms with Gasteiger partial charge in [0, 0.05) is 36.8 Å². The molecule has 0 aliphatic carbocycles. The molecule has 0 amide bonds. The van der Waals surface area contributed by atoms with Crippen LogP contribution in [0.2, 0.25) is 0 Å². The molecule has 3 rings (SSSR count). The van der Waals surface area contributed by atoms with Gasteiger partial charge in [0.25, 0.3) is 0 Å². The van der Waals surface area contributed by atoms with E-state index in [2.05, 4.69) is 10.2 Å². The van der Waals surface area contributed by atoms with Crippen molar-refractivity contribution >= 4 is 16.7 Å². The van der Waals surface area contributed by atoms with Gasteiger partial charge >= 0.3 is 0 Å². The molecule has 4 heteroatoms. The fourth-order valence-electron chi connectivity index (χ4n) is 2.41. The molecule has 0 unspecified atom stereocenters. The molecule has 1 aromatic carbocycles. The van der Waals surface area contributed by atoms with Gasteiger partial charge in [0.15, 0.2) is 5.58 Å². The molecule has 18 heavy (non-hydrogen) atoms. The summed E-state index contributed by atoms with van der Waals surface area (Å²) >= 11 is 0.